The summed E-state index contributed by atoms with van der Waals surface area (Å²) in [6, 6.07) is 4.06. The van der Waals surface area contributed by atoms with E-state index in [4.69, 9.17) is 10.5 Å². The van der Waals surface area contributed by atoms with E-state index in [1.807, 2.05) is 19.1 Å². The number of carbonyl (C=O) groups excluding carboxylic acids is 1. The summed E-state index contributed by atoms with van der Waals surface area (Å²) in [5, 5.41) is 0. The number of benzene rings is 1. The molecule has 2 rings (SSSR count). The van der Waals surface area contributed by atoms with Crippen LogP contribution in [0.3, 0.4) is 0 Å². The highest BCUT2D eigenvalue weighted by molar-refractivity contribution is 5.90. The molecular weight excluding hydrogens is 190 g/mol. The molecule has 15 heavy (non-hydrogen) atoms. The molecule has 1 aromatic rings. The van der Waals surface area contributed by atoms with Crippen molar-refractivity contribution in [2.45, 2.75) is 19.3 Å². The van der Waals surface area contributed by atoms with Gasteiger partial charge >= 0.3 is 0 Å². The number of methoxy groups -OCH3 is 1. The second-order valence-corrected chi connectivity index (χ2v) is 3.95. The van der Waals surface area contributed by atoms with Crippen molar-refractivity contribution in [3.8, 4) is 5.75 Å². The van der Waals surface area contributed by atoms with Crippen molar-refractivity contribution in [1.29, 1.82) is 0 Å². The lowest BCUT2D eigenvalue weighted by Crippen LogP contribution is -2.30. The van der Waals surface area contributed by atoms with Crippen LogP contribution in [-0.4, -0.2) is 19.4 Å². The highest BCUT2D eigenvalue weighted by Crippen LogP contribution is 2.39. The largest absolute Gasteiger partial charge is 0.496 e. The molecule has 1 aliphatic rings. The van der Waals surface area contributed by atoms with Crippen molar-refractivity contribution < 1.29 is 9.53 Å². The standard InChI is InChI=1S/C12H15NO2/c1-7-3-9-8(5-12(7)15-2)4-10(9)11(14)6-13/h3,5,10H,4,6,13H2,1-2H3. The van der Waals surface area contributed by atoms with E-state index in [2.05, 4.69) is 0 Å². The van der Waals surface area contributed by atoms with E-state index in [-0.39, 0.29) is 18.2 Å². The highest BCUT2D eigenvalue weighted by atomic mass is 16.5. The van der Waals surface area contributed by atoms with Gasteiger partial charge in [0.15, 0.2) is 5.78 Å². The Balaban J connectivity index is 2.32. The Morgan fingerprint density at radius 3 is 2.93 bits per heavy atom. The van der Waals surface area contributed by atoms with Crippen LogP contribution in [-0.2, 0) is 11.2 Å². The number of fused-ring (bicyclic) bond motifs is 1. The molecule has 0 aromatic heterocycles. The lowest BCUT2D eigenvalue weighted by molar-refractivity contribution is -0.119. The Labute approximate surface area is 89.2 Å². The maximum absolute atomic E-state index is 11.5. The van der Waals surface area contributed by atoms with E-state index in [1.165, 1.54) is 5.56 Å². The van der Waals surface area contributed by atoms with Crippen LogP contribution < -0.4 is 10.5 Å². The van der Waals surface area contributed by atoms with Crippen molar-refractivity contribution in [3.05, 3.63) is 28.8 Å². The minimum Gasteiger partial charge on any atom is -0.496 e. The molecule has 3 nitrogen and oxygen atoms in total. The molecule has 1 aliphatic carbocycles. The SMILES string of the molecule is COc1cc2c(cc1C)C(C(=O)CN)C2. The van der Waals surface area contributed by atoms with Gasteiger partial charge in [-0.3, -0.25) is 4.79 Å². The third kappa shape index (κ3) is 1.53. The lowest BCUT2D eigenvalue weighted by atomic mass is 9.74. The van der Waals surface area contributed by atoms with Crippen molar-refractivity contribution in [1.82, 2.24) is 0 Å². The molecule has 0 bridgehead atoms. The number of Topliss-reactive ketones (excluding diaryl/α,β-unsaturated/α-hetero) is 1. The minimum absolute atomic E-state index is 0.0228. The Morgan fingerprint density at radius 2 is 2.33 bits per heavy atom. The van der Waals surface area contributed by atoms with Crippen LogP contribution in [0.25, 0.3) is 0 Å². The quantitative estimate of drug-likeness (QED) is 0.806. The summed E-state index contributed by atoms with van der Waals surface area (Å²) in [6.45, 7) is 2.12. The topological polar surface area (TPSA) is 52.3 Å². The lowest BCUT2D eigenvalue weighted by Gasteiger charge is -2.29. The molecule has 0 amide bonds. The second-order valence-electron chi connectivity index (χ2n) is 3.95. The summed E-state index contributed by atoms with van der Waals surface area (Å²) < 4.78 is 5.23. The van der Waals surface area contributed by atoms with E-state index >= 15 is 0 Å². The fraction of sp³-hybridized carbons (Fsp3) is 0.417. The molecule has 0 fully saturated rings. The first kappa shape index (κ1) is 10.2. The molecule has 80 valence electrons. The third-order valence-electron chi connectivity index (χ3n) is 3.05. The molecule has 0 saturated carbocycles. The molecule has 0 spiro atoms. The number of hydrogen-bond donors (Lipinski definition) is 1. The van der Waals surface area contributed by atoms with Gasteiger partial charge in [-0.1, -0.05) is 6.07 Å². The number of carbonyl (C=O) groups is 1. The molecular formula is C12H15NO2. The Morgan fingerprint density at radius 1 is 1.60 bits per heavy atom. The van der Waals surface area contributed by atoms with Crippen molar-refractivity contribution in [2.24, 2.45) is 5.73 Å². The fourth-order valence-electron chi connectivity index (χ4n) is 2.10. The normalized spacial score (nSPS) is 17.9. The average Bonchev–Trinajstić information content (AvgIpc) is 2.23. The van der Waals surface area contributed by atoms with Crippen molar-refractivity contribution in [3.63, 3.8) is 0 Å². The second kappa shape index (κ2) is 3.66. The van der Waals surface area contributed by atoms with E-state index in [9.17, 15) is 4.79 Å². The smallest absolute Gasteiger partial charge is 0.154 e. The van der Waals surface area contributed by atoms with Crippen molar-refractivity contribution in [2.75, 3.05) is 13.7 Å². The van der Waals surface area contributed by atoms with Crippen LogP contribution >= 0.6 is 0 Å². The van der Waals surface area contributed by atoms with Gasteiger partial charge in [0.05, 0.1) is 13.7 Å². The zero-order chi connectivity index (χ0) is 11.0. The van der Waals surface area contributed by atoms with Gasteiger partial charge in [-0.15, -0.1) is 0 Å². The Hall–Kier alpha value is -1.35. The van der Waals surface area contributed by atoms with Gasteiger partial charge in [0.25, 0.3) is 0 Å². The van der Waals surface area contributed by atoms with E-state index < -0.39 is 0 Å². The van der Waals surface area contributed by atoms with Crippen LogP contribution in [0.15, 0.2) is 12.1 Å². The summed E-state index contributed by atoms with van der Waals surface area (Å²) in [4.78, 5) is 11.5. The molecule has 0 aliphatic heterocycles. The summed E-state index contributed by atoms with van der Waals surface area (Å²) in [7, 11) is 1.66. The zero-order valence-electron chi connectivity index (χ0n) is 9.04. The van der Waals surface area contributed by atoms with Crippen LogP contribution in [0, 0.1) is 6.92 Å². The molecule has 1 aromatic carbocycles. The van der Waals surface area contributed by atoms with Crippen LogP contribution in [0.2, 0.25) is 0 Å². The first-order valence-electron chi connectivity index (χ1n) is 5.07. The molecule has 1 unspecified atom stereocenters. The first-order valence-corrected chi connectivity index (χ1v) is 5.07. The van der Waals surface area contributed by atoms with Gasteiger partial charge in [0.2, 0.25) is 0 Å². The predicted molar refractivity (Wildman–Crippen MR) is 58.2 cm³/mol. The minimum atomic E-state index is 0.0228. The molecule has 1 atom stereocenters. The molecule has 0 saturated heterocycles. The van der Waals surface area contributed by atoms with Gasteiger partial charge < -0.3 is 10.5 Å². The third-order valence-corrected chi connectivity index (χ3v) is 3.05. The monoisotopic (exact) mass is 205 g/mol. The number of ketones is 1. The summed E-state index contributed by atoms with van der Waals surface area (Å²) in [6.07, 6.45) is 0.808. The predicted octanol–water partition coefficient (Wildman–Crippen LogP) is 1.17. The number of hydrogen-bond acceptors (Lipinski definition) is 3. The fourth-order valence-corrected chi connectivity index (χ4v) is 2.10. The van der Waals surface area contributed by atoms with Gasteiger partial charge in [-0.2, -0.15) is 0 Å². The molecule has 3 heteroatoms. The maximum atomic E-state index is 11.5. The number of aryl methyl sites for hydroxylation is 1. The van der Waals surface area contributed by atoms with Crippen molar-refractivity contribution >= 4 is 5.78 Å². The maximum Gasteiger partial charge on any atom is 0.154 e. The summed E-state index contributed by atoms with van der Waals surface area (Å²) in [5.41, 5.74) is 8.77. The first-order chi connectivity index (χ1) is 7.17. The van der Waals surface area contributed by atoms with Gasteiger partial charge in [-0.05, 0) is 36.1 Å². The van der Waals surface area contributed by atoms with E-state index in [0.717, 1.165) is 23.3 Å². The molecule has 2 N–H and O–H groups in total. The summed E-state index contributed by atoms with van der Waals surface area (Å²) in [5.74, 6) is 1.05. The van der Waals surface area contributed by atoms with Crippen LogP contribution in [0.1, 0.15) is 22.6 Å². The van der Waals surface area contributed by atoms with Gasteiger partial charge in [-0.25, -0.2) is 0 Å². The van der Waals surface area contributed by atoms with Crippen LogP contribution in [0.5, 0.6) is 5.75 Å². The molecule has 0 heterocycles. The van der Waals surface area contributed by atoms with Gasteiger partial charge in [0, 0.05) is 5.92 Å². The Bertz CT molecular complexity index is 412. The zero-order valence-corrected chi connectivity index (χ0v) is 9.04. The number of rotatable bonds is 3. The van der Waals surface area contributed by atoms with E-state index in [1.54, 1.807) is 7.11 Å². The van der Waals surface area contributed by atoms with E-state index in [0.29, 0.717) is 0 Å². The summed E-state index contributed by atoms with van der Waals surface area (Å²) >= 11 is 0. The number of nitrogens with two attached hydrogens (primary N) is 1. The highest BCUT2D eigenvalue weighted by Gasteiger charge is 2.31. The Kier molecular flexibility index (Phi) is 2.49. The number of ether oxygens (including phenoxy) is 1. The average molecular weight is 205 g/mol. The van der Waals surface area contributed by atoms with Gasteiger partial charge in [0.1, 0.15) is 5.75 Å². The van der Waals surface area contributed by atoms with Crippen LogP contribution in [0.4, 0.5) is 0 Å². The molecule has 0 radical (unpaired) electrons.